The Morgan fingerprint density at radius 2 is 1.88 bits per heavy atom. The van der Waals surface area contributed by atoms with Crippen molar-refractivity contribution in [1.29, 1.82) is 0 Å². The minimum atomic E-state index is -0.504. The van der Waals surface area contributed by atoms with Crippen LogP contribution in [0.3, 0.4) is 0 Å². The van der Waals surface area contributed by atoms with Crippen molar-refractivity contribution in [3.8, 4) is 22.8 Å². The summed E-state index contributed by atoms with van der Waals surface area (Å²) in [6.45, 7) is 0.406. The van der Waals surface area contributed by atoms with Gasteiger partial charge in [0.2, 0.25) is 0 Å². The van der Waals surface area contributed by atoms with E-state index in [0.29, 0.717) is 13.0 Å². The lowest BCUT2D eigenvalue weighted by molar-refractivity contribution is 0.0949. The molecule has 0 radical (unpaired) electrons. The summed E-state index contributed by atoms with van der Waals surface area (Å²) in [7, 11) is 0. The van der Waals surface area contributed by atoms with Gasteiger partial charge in [0.1, 0.15) is 23.0 Å². The molecule has 0 bridgehead atoms. The molecule has 25 heavy (non-hydrogen) atoms. The van der Waals surface area contributed by atoms with Gasteiger partial charge in [0.25, 0.3) is 5.91 Å². The number of halogens is 1. The van der Waals surface area contributed by atoms with Crippen LogP contribution in [0.15, 0.2) is 48.5 Å². The Kier molecular flexibility index (Phi) is 4.65. The Morgan fingerprint density at radius 3 is 2.64 bits per heavy atom. The Hall–Kier alpha value is -3.35. The van der Waals surface area contributed by atoms with Crippen molar-refractivity contribution in [2.45, 2.75) is 6.42 Å². The standard InChI is InChI=1S/C18H16FN3O3/c19-12-3-6-17(24)14(9-12)15-10-16(22-21-15)18(25)20-8-7-11-1-4-13(23)5-2-11/h1-6,9-10,23-24H,7-8H2,(H,20,25)(H,21,22). The van der Waals surface area contributed by atoms with E-state index in [1.165, 1.54) is 12.1 Å². The fourth-order valence-electron chi connectivity index (χ4n) is 2.37. The summed E-state index contributed by atoms with van der Waals surface area (Å²) >= 11 is 0. The molecule has 128 valence electrons. The highest BCUT2D eigenvalue weighted by molar-refractivity contribution is 5.93. The lowest BCUT2D eigenvalue weighted by Gasteiger charge is -2.04. The Bertz CT molecular complexity index is 891. The molecule has 0 atom stereocenters. The third kappa shape index (κ3) is 3.95. The van der Waals surface area contributed by atoms with Crippen molar-refractivity contribution >= 4 is 5.91 Å². The largest absolute Gasteiger partial charge is 0.508 e. The summed E-state index contributed by atoms with van der Waals surface area (Å²) in [5.74, 6) is -0.783. The van der Waals surface area contributed by atoms with Gasteiger partial charge in [-0.2, -0.15) is 5.10 Å². The molecule has 2 aromatic carbocycles. The van der Waals surface area contributed by atoms with E-state index >= 15 is 0 Å². The van der Waals surface area contributed by atoms with Crippen molar-refractivity contribution in [1.82, 2.24) is 15.5 Å². The first-order valence-electron chi connectivity index (χ1n) is 7.63. The fraction of sp³-hybridized carbons (Fsp3) is 0.111. The number of aromatic amines is 1. The van der Waals surface area contributed by atoms with E-state index < -0.39 is 5.82 Å². The number of aromatic nitrogens is 2. The first-order valence-corrected chi connectivity index (χ1v) is 7.63. The number of carbonyl (C=O) groups excluding carboxylic acids is 1. The summed E-state index contributed by atoms with van der Waals surface area (Å²) in [5.41, 5.74) is 1.68. The highest BCUT2D eigenvalue weighted by Gasteiger charge is 2.13. The molecular formula is C18H16FN3O3. The first kappa shape index (κ1) is 16.5. The second-order valence-corrected chi connectivity index (χ2v) is 5.50. The minimum absolute atomic E-state index is 0.118. The van der Waals surface area contributed by atoms with E-state index in [-0.39, 0.29) is 34.4 Å². The second kappa shape index (κ2) is 7.04. The van der Waals surface area contributed by atoms with Gasteiger partial charge in [-0.3, -0.25) is 9.89 Å². The molecule has 4 N–H and O–H groups in total. The molecule has 0 saturated carbocycles. The van der Waals surface area contributed by atoms with E-state index in [1.807, 2.05) is 0 Å². The van der Waals surface area contributed by atoms with Gasteiger partial charge in [0.15, 0.2) is 0 Å². The average molecular weight is 341 g/mol. The maximum atomic E-state index is 13.3. The number of benzene rings is 2. The Morgan fingerprint density at radius 1 is 1.12 bits per heavy atom. The molecule has 7 heteroatoms. The van der Waals surface area contributed by atoms with E-state index in [4.69, 9.17) is 0 Å². The third-order valence-corrected chi connectivity index (χ3v) is 3.69. The average Bonchev–Trinajstić information content (AvgIpc) is 3.09. The Balaban J connectivity index is 1.62. The maximum Gasteiger partial charge on any atom is 0.269 e. The van der Waals surface area contributed by atoms with Crippen LogP contribution in [-0.2, 0) is 6.42 Å². The van der Waals surface area contributed by atoms with Gasteiger partial charge in [0, 0.05) is 12.1 Å². The summed E-state index contributed by atoms with van der Waals surface area (Å²) < 4.78 is 13.3. The van der Waals surface area contributed by atoms with E-state index in [1.54, 1.807) is 24.3 Å². The molecule has 3 aromatic rings. The SMILES string of the molecule is O=C(NCCc1ccc(O)cc1)c1cc(-c2cc(F)ccc2O)n[nH]1. The van der Waals surface area contributed by atoms with Crippen molar-refractivity contribution < 1.29 is 19.4 Å². The van der Waals surface area contributed by atoms with Gasteiger partial charge in [-0.15, -0.1) is 0 Å². The van der Waals surface area contributed by atoms with Crippen LogP contribution in [0.25, 0.3) is 11.3 Å². The van der Waals surface area contributed by atoms with Gasteiger partial charge in [0.05, 0.1) is 5.69 Å². The number of phenols is 2. The van der Waals surface area contributed by atoms with Crippen LogP contribution in [0.5, 0.6) is 11.5 Å². The van der Waals surface area contributed by atoms with E-state index in [9.17, 15) is 19.4 Å². The zero-order chi connectivity index (χ0) is 17.8. The normalized spacial score (nSPS) is 10.6. The predicted octanol–water partition coefficient (Wildman–Crippen LogP) is 2.60. The zero-order valence-corrected chi connectivity index (χ0v) is 13.2. The summed E-state index contributed by atoms with van der Waals surface area (Å²) in [4.78, 5) is 12.1. The number of H-pyrrole nitrogens is 1. The highest BCUT2D eigenvalue weighted by atomic mass is 19.1. The van der Waals surface area contributed by atoms with Crippen molar-refractivity contribution in [2.24, 2.45) is 0 Å². The fourth-order valence-corrected chi connectivity index (χ4v) is 2.37. The van der Waals surface area contributed by atoms with Crippen LogP contribution in [0, 0.1) is 5.82 Å². The van der Waals surface area contributed by atoms with Gasteiger partial charge in [-0.25, -0.2) is 4.39 Å². The lowest BCUT2D eigenvalue weighted by Crippen LogP contribution is -2.26. The number of nitrogens with zero attached hydrogens (tertiary/aromatic N) is 1. The molecule has 1 aromatic heterocycles. The molecule has 0 fully saturated rings. The third-order valence-electron chi connectivity index (χ3n) is 3.69. The quantitative estimate of drug-likeness (QED) is 0.573. The topological polar surface area (TPSA) is 98.2 Å². The van der Waals surface area contributed by atoms with Crippen LogP contribution in [0.4, 0.5) is 4.39 Å². The summed E-state index contributed by atoms with van der Waals surface area (Å²) in [6.07, 6.45) is 0.609. The van der Waals surface area contributed by atoms with Crippen LogP contribution in [-0.4, -0.2) is 32.9 Å². The van der Waals surface area contributed by atoms with Crippen LogP contribution in [0.1, 0.15) is 16.1 Å². The van der Waals surface area contributed by atoms with Crippen molar-refractivity contribution in [2.75, 3.05) is 6.54 Å². The van der Waals surface area contributed by atoms with Crippen LogP contribution < -0.4 is 5.32 Å². The number of phenolic OH excluding ortho intramolecular Hbond substituents is 2. The number of hydrogen-bond acceptors (Lipinski definition) is 4. The van der Waals surface area contributed by atoms with Crippen LogP contribution >= 0.6 is 0 Å². The second-order valence-electron chi connectivity index (χ2n) is 5.50. The molecule has 0 unspecified atom stereocenters. The van der Waals surface area contributed by atoms with Crippen molar-refractivity contribution in [3.05, 3.63) is 65.6 Å². The summed E-state index contributed by atoms with van der Waals surface area (Å²) in [5, 5.41) is 28.3. The number of carbonyl (C=O) groups is 1. The molecule has 3 rings (SSSR count). The molecule has 0 saturated heterocycles. The molecule has 0 aliphatic carbocycles. The predicted molar refractivity (Wildman–Crippen MR) is 89.8 cm³/mol. The number of aromatic hydroxyl groups is 2. The van der Waals surface area contributed by atoms with Gasteiger partial charge >= 0.3 is 0 Å². The molecule has 0 spiro atoms. The molecule has 1 heterocycles. The molecule has 6 nitrogen and oxygen atoms in total. The van der Waals surface area contributed by atoms with Crippen molar-refractivity contribution in [3.63, 3.8) is 0 Å². The Labute approximate surface area is 143 Å². The number of hydrogen-bond donors (Lipinski definition) is 4. The van der Waals surface area contributed by atoms with Gasteiger partial charge in [-0.1, -0.05) is 12.1 Å². The number of nitrogens with one attached hydrogen (secondary N) is 2. The molecule has 1 amide bonds. The summed E-state index contributed by atoms with van der Waals surface area (Å²) in [6, 6.07) is 11.7. The molecular weight excluding hydrogens is 325 g/mol. The monoisotopic (exact) mass is 341 g/mol. The van der Waals surface area contributed by atoms with Crippen LogP contribution in [0.2, 0.25) is 0 Å². The van der Waals surface area contributed by atoms with E-state index in [2.05, 4.69) is 15.5 Å². The maximum absolute atomic E-state index is 13.3. The van der Waals surface area contributed by atoms with Gasteiger partial charge < -0.3 is 15.5 Å². The highest BCUT2D eigenvalue weighted by Crippen LogP contribution is 2.28. The zero-order valence-electron chi connectivity index (χ0n) is 13.2. The lowest BCUT2D eigenvalue weighted by atomic mass is 10.1. The number of amides is 1. The number of rotatable bonds is 5. The molecule has 0 aliphatic rings. The minimum Gasteiger partial charge on any atom is -0.508 e. The molecule has 0 aliphatic heterocycles. The van der Waals surface area contributed by atoms with E-state index in [0.717, 1.165) is 17.7 Å². The van der Waals surface area contributed by atoms with Gasteiger partial charge in [-0.05, 0) is 48.4 Å². The first-order chi connectivity index (χ1) is 12.0. The smallest absolute Gasteiger partial charge is 0.269 e.